The first-order chi connectivity index (χ1) is 9.88. The van der Waals surface area contributed by atoms with Gasteiger partial charge in [0.2, 0.25) is 0 Å². The van der Waals surface area contributed by atoms with Gasteiger partial charge < -0.3 is 5.32 Å². The summed E-state index contributed by atoms with van der Waals surface area (Å²) >= 11 is 0. The van der Waals surface area contributed by atoms with E-state index in [4.69, 9.17) is 0 Å². The topological polar surface area (TPSA) is 46.4 Å². The SMILES string of the molecule is CCCc1nc2ccc(C(F)(F)F)cn2c1C(=O)NCC. The van der Waals surface area contributed by atoms with Crippen molar-refractivity contribution in [2.24, 2.45) is 0 Å². The number of alkyl halides is 3. The van der Waals surface area contributed by atoms with E-state index in [0.717, 1.165) is 18.7 Å². The Kier molecular flexibility index (Phi) is 4.20. The van der Waals surface area contributed by atoms with E-state index in [0.29, 0.717) is 24.3 Å². The van der Waals surface area contributed by atoms with Gasteiger partial charge in [0.25, 0.3) is 5.91 Å². The van der Waals surface area contributed by atoms with Gasteiger partial charge in [-0.1, -0.05) is 13.3 Å². The third kappa shape index (κ3) is 3.01. The third-order valence-electron chi connectivity index (χ3n) is 3.06. The van der Waals surface area contributed by atoms with Gasteiger partial charge in [-0.25, -0.2) is 4.98 Å². The van der Waals surface area contributed by atoms with E-state index in [2.05, 4.69) is 10.3 Å². The predicted octanol–water partition coefficient (Wildman–Crippen LogP) is 3.06. The molecule has 0 aromatic carbocycles. The number of hydrogen-bond donors (Lipinski definition) is 1. The summed E-state index contributed by atoms with van der Waals surface area (Å²) in [5.41, 5.74) is 0.233. The van der Waals surface area contributed by atoms with Gasteiger partial charge in [-0.3, -0.25) is 9.20 Å². The fourth-order valence-corrected chi connectivity index (χ4v) is 2.16. The van der Waals surface area contributed by atoms with Crippen LogP contribution in [0, 0.1) is 0 Å². The predicted molar refractivity (Wildman–Crippen MR) is 72.2 cm³/mol. The van der Waals surface area contributed by atoms with Crippen LogP contribution in [0.2, 0.25) is 0 Å². The summed E-state index contributed by atoms with van der Waals surface area (Å²) in [6.07, 6.45) is -2.24. The number of pyridine rings is 1. The molecule has 114 valence electrons. The van der Waals surface area contributed by atoms with Crippen molar-refractivity contribution in [2.45, 2.75) is 32.9 Å². The Labute approximate surface area is 120 Å². The van der Waals surface area contributed by atoms with Gasteiger partial charge in [0.05, 0.1) is 11.3 Å². The molecule has 1 N–H and O–H groups in total. The molecular formula is C14H16F3N3O. The molecule has 2 heterocycles. The molecule has 0 radical (unpaired) electrons. The lowest BCUT2D eigenvalue weighted by atomic mass is 10.2. The molecule has 0 spiro atoms. The number of nitrogens with zero attached hydrogens (tertiary/aromatic N) is 2. The van der Waals surface area contributed by atoms with Crippen molar-refractivity contribution in [3.63, 3.8) is 0 Å². The molecule has 1 amide bonds. The van der Waals surface area contributed by atoms with E-state index in [-0.39, 0.29) is 5.69 Å². The third-order valence-corrected chi connectivity index (χ3v) is 3.06. The Hall–Kier alpha value is -2.05. The first-order valence-corrected chi connectivity index (χ1v) is 6.74. The number of fused-ring (bicyclic) bond motifs is 1. The number of rotatable bonds is 4. The lowest BCUT2D eigenvalue weighted by molar-refractivity contribution is -0.137. The van der Waals surface area contributed by atoms with Crippen LogP contribution >= 0.6 is 0 Å². The van der Waals surface area contributed by atoms with Crippen molar-refractivity contribution in [2.75, 3.05) is 6.54 Å². The summed E-state index contributed by atoms with van der Waals surface area (Å²) in [6.45, 7) is 4.07. The Morgan fingerprint density at radius 1 is 1.33 bits per heavy atom. The minimum absolute atomic E-state index is 0.180. The zero-order chi connectivity index (χ0) is 15.6. The van der Waals surface area contributed by atoms with Crippen LogP contribution in [-0.4, -0.2) is 21.8 Å². The number of carbonyl (C=O) groups excluding carboxylic acids is 1. The van der Waals surface area contributed by atoms with Crippen LogP contribution in [0.4, 0.5) is 13.2 Å². The molecule has 4 nitrogen and oxygen atoms in total. The molecule has 0 aliphatic carbocycles. The van der Waals surface area contributed by atoms with Gasteiger partial charge >= 0.3 is 6.18 Å². The van der Waals surface area contributed by atoms with Crippen molar-refractivity contribution in [1.29, 1.82) is 0 Å². The second kappa shape index (κ2) is 5.75. The molecule has 21 heavy (non-hydrogen) atoms. The minimum atomic E-state index is -4.46. The second-order valence-corrected chi connectivity index (χ2v) is 4.66. The standard InChI is InChI=1S/C14H16F3N3O/c1-3-5-10-12(13(21)18-4-2)20-8-9(14(15,16)17)6-7-11(20)19-10/h6-8H,3-5H2,1-2H3,(H,18,21). The van der Waals surface area contributed by atoms with E-state index < -0.39 is 17.6 Å². The summed E-state index contributed by atoms with van der Waals surface area (Å²) in [5.74, 6) is -0.409. The molecule has 0 aliphatic heterocycles. The number of imidazole rings is 1. The number of aryl methyl sites for hydroxylation is 1. The highest BCUT2D eigenvalue weighted by molar-refractivity contribution is 5.94. The lowest BCUT2D eigenvalue weighted by Crippen LogP contribution is -2.25. The average Bonchev–Trinajstić information content (AvgIpc) is 2.75. The fourth-order valence-electron chi connectivity index (χ4n) is 2.16. The number of aromatic nitrogens is 2. The Balaban J connectivity index is 2.64. The number of halogens is 3. The monoisotopic (exact) mass is 299 g/mol. The number of nitrogens with one attached hydrogen (secondary N) is 1. The number of amides is 1. The minimum Gasteiger partial charge on any atom is -0.351 e. The van der Waals surface area contributed by atoms with E-state index in [1.54, 1.807) is 6.92 Å². The molecule has 0 unspecified atom stereocenters. The lowest BCUT2D eigenvalue weighted by Gasteiger charge is -2.09. The van der Waals surface area contributed by atoms with Crippen LogP contribution in [0.3, 0.4) is 0 Å². The maximum atomic E-state index is 12.8. The molecule has 0 saturated heterocycles. The zero-order valence-electron chi connectivity index (χ0n) is 11.8. The molecule has 0 aliphatic rings. The normalized spacial score (nSPS) is 11.9. The quantitative estimate of drug-likeness (QED) is 0.943. The molecule has 2 rings (SSSR count). The highest BCUT2D eigenvalue weighted by atomic mass is 19.4. The van der Waals surface area contributed by atoms with Crippen molar-refractivity contribution in [3.8, 4) is 0 Å². The van der Waals surface area contributed by atoms with Crippen LogP contribution < -0.4 is 5.32 Å². The fraction of sp³-hybridized carbons (Fsp3) is 0.429. The van der Waals surface area contributed by atoms with Gasteiger partial charge in [-0.05, 0) is 25.5 Å². The van der Waals surface area contributed by atoms with Crippen LogP contribution in [0.5, 0.6) is 0 Å². The smallest absolute Gasteiger partial charge is 0.351 e. The molecule has 0 saturated carbocycles. The summed E-state index contributed by atoms with van der Waals surface area (Å²) in [5, 5.41) is 2.62. The zero-order valence-corrected chi connectivity index (χ0v) is 11.8. The Morgan fingerprint density at radius 2 is 2.05 bits per heavy atom. The van der Waals surface area contributed by atoms with Crippen molar-refractivity contribution < 1.29 is 18.0 Å². The van der Waals surface area contributed by atoms with Crippen LogP contribution in [0.15, 0.2) is 18.3 Å². The van der Waals surface area contributed by atoms with Crippen LogP contribution in [0.25, 0.3) is 5.65 Å². The number of carbonyl (C=O) groups is 1. The van der Waals surface area contributed by atoms with Crippen molar-refractivity contribution >= 4 is 11.6 Å². The summed E-state index contributed by atoms with van der Waals surface area (Å²) in [4.78, 5) is 16.4. The Bertz CT molecular complexity index is 661. The average molecular weight is 299 g/mol. The molecule has 0 fully saturated rings. The molecular weight excluding hydrogens is 283 g/mol. The highest BCUT2D eigenvalue weighted by Gasteiger charge is 2.31. The van der Waals surface area contributed by atoms with Gasteiger partial charge in [0.1, 0.15) is 11.3 Å². The van der Waals surface area contributed by atoms with Crippen molar-refractivity contribution in [1.82, 2.24) is 14.7 Å². The van der Waals surface area contributed by atoms with Gasteiger partial charge in [-0.2, -0.15) is 13.2 Å². The van der Waals surface area contributed by atoms with Gasteiger partial charge in [0, 0.05) is 12.7 Å². The van der Waals surface area contributed by atoms with E-state index >= 15 is 0 Å². The largest absolute Gasteiger partial charge is 0.417 e. The summed E-state index contributed by atoms with van der Waals surface area (Å²) in [7, 11) is 0. The second-order valence-electron chi connectivity index (χ2n) is 4.66. The maximum absolute atomic E-state index is 12.8. The van der Waals surface area contributed by atoms with Gasteiger partial charge in [0.15, 0.2) is 0 Å². The first kappa shape index (κ1) is 15.3. The highest BCUT2D eigenvalue weighted by Crippen LogP contribution is 2.30. The summed E-state index contributed by atoms with van der Waals surface area (Å²) in [6, 6.07) is 2.25. The van der Waals surface area contributed by atoms with E-state index in [1.165, 1.54) is 10.5 Å². The first-order valence-electron chi connectivity index (χ1n) is 6.74. The molecule has 0 atom stereocenters. The molecule has 0 bridgehead atoms. The van der Waals surface area contributed by atoms with Crippen LogP contribution in [-0.2, 0) is 12.6 Å². The maximum Gasteiger partial charge on any atom is 0.417 e. The van der Waals surface area contributed by atoms with Crippen LogP contribution in [0.1, 0.15) is 42.0 Å². The number of hydrogen-bond acceptors (Lipinski definition) is 2. The molecule has 7 heteroatoms. The van der Waals surface area contributed by atoms with Crippen molar-refractivity contribution in [3.05, 3.63) is 35.3 Å². The molecule has 2 aromatic rings. The summed E-state index contributed by atoms with van der Waals surface area (Å²) < 4.78 is 39.7. The Morgan fingerprint density at radius 3 is 2.62 bits per heavy atom. The van der Waals surface area contributed by atoms with E-state index in [1.807, 2.05) is 6.92 Å². The molecule has 2 aromatic heterocycles. The van der Waals surface area contributed by atoms with Gasteiger partial charge in [-0.15, -0.1) is 0 Å². The van der Waals surface area contributed by atoms with E-state index in [9.17, 15) is 18.0 Å².